The lowest BCUT2D eigenvalue weighted by atomic mass is 10.1. The summed E-state index contributed by atoms with van der Waals surface area (Å²) < 4.78 is 5.17. The first-order valence-corrected chi connectivity index (χ1v) is 13.7. The average molecular weight is 511 g/mol. The van der Waals surface area contributed by atoms with Crippen LogP contribution in [-0.2, 0) is 17.9 Å². The first kappa shape index (κ1) is 23.1. The maximum Gasteiger partial charge on any atom is 0.320 e. The van der Waals surface area contributed by atoms with E-state index in [0.717, 1.165) is 13.1 Å². The van der Waals surface area contributed by atoms with Gasteiger partial charge in [-0.2, -0.15) is 0 Å². The zero-order chi connectivity index (χ0) is 24.6. The number of hydrogen-bond acceptors (Lipinski definition) is 5. The third-order valence-corrected chi connectivity index (χ3v) is 9.36. The molecule has 4 nitrogen and oxygen atoms in total. The van der Waals surface area contributed by atoms with E-state index in [1.54, 1.807) is 0 Å². The molecule has 2 aromatic heterocycles. The van der Waals surface area contributed by atoms with E-state index in [0.29, 0.717) is 13.0 Å². The topological polar surface area (TPSA) is 66.6 Å². The van der Waals surface area contributed by atoms with Crippen LogP contribution in [0, 0.1) is 0 Å². The third kappa shape index (κ3) is 4.27. The minimum atomic E-state index is -0.951. The van der Waals surface area contributed by atoms with Gasteiger partial charge in [-0.3, -0.25) is 9.69 Å². The normalized spacial score (nSPS) is 12.8. The molecule has 0 aliphatic carbocycles. The Labute approximate surface area is 217 Å². The summed E-state index contributed by atoms with van der Waals surface area (Å²) in [6.45, 7) is 2.07. The van der Waals surface area contributed by atoms with Gasteiger partial charge in [0, 0.05) is 60.0 Å². The van der Waals surface area contributed by atoms with Gasteiger partial charge in [-0.25, -0.2) is 0 Å². The molecule has 180 valence electrons. The van der Waals surface area contributed by atoms with Gasteiger partial charge in [0.15, 0.2) is 0 Å². The molecular weight excluding hydrogens is 484 g/mol. The van der Waals surface area contributed by atoms with Crippen molar-refractivity contribution in [3.8, 4) is 0 Å². The summed E-state index contributed by atoms with van der Waals surface area (Å²) in [5, 5.41) is 14.5. The number of carboxylic acids is 1. The van der Waals surface area contributed by atoms with Gasteiger partial charge in [0.05, 0.1) is 0 Å². The smallest absolute Gasteiger partial charge is 0.320 e. The number of fused-ring (bicyclic) bond motifs is 6. The number of aliphatic carboxylic acids is 1. The number of benzene rings is 4. The predicted molar refractivity (Wildman–Crippen MR) is 153 cm³/mol. The molecule has 0 saturated carbocycles. The molecule has 0 aliphatic rings. The van der Waals surface area contributed by atoms with E-state index in [1.807, 2.05) is 22.7 Å². The fourth-order valence-corrected chi connectivity index (χ4v) is 7.41. The first-order valence-electron chi connectivity index (χ1n) is 12.1. The van der Waals surface area contributed by atoms with Crippen molar-refractivity contribution in [2.75, 3.05) is 6.54 Å². The van der Waals surface area contributed by atoms with Crippen LogP contribution in [0.15, 0.2) is 84.9 Å². The van der Waals surface area contributed by atoms with Gasteiger partial charge in [0.1, 0.15) is 6.04 Å². The Kier molecular flexibility index (Phi) is 6.19. The van der Waals surface area contributed by atoms with Crippen molar-refractivity contribution in [2.45, 2.75) is 25.6 Å². The molecule has 2 heterocycles. The second-order valence-corrected chi connectivity index (χ2v) is 11.3. The number of rotatable bonds is 8. The molecule has 0 amide bonds. The van der Waals surface area contributed by atoms with Crippen molar-refractivity contribution in [3.63, 3.8) is 0 Å². The molecule has 1 unspecified atom stereocenters. The summed E-state index contributed by atoms with van der Waals surface area (Å²) in [5.74, 6) is -0.951. The van der Waals surface area contributed by atoms with Gasteiger partial charge in [0.25, 0.3) is 0 Å². The highest BCUT2D eigenvalue weighted by Gasteiger charge is 2.18. The Balaban J connectivity index is 1.38. The Morgan fingerprint density at radius 2 is 1.19 bits per heavy atom. The molecule has 0 fully saturated rings. The summed E-state index contributed by atoms with van der Waals surface area (Å²) >= 11 is 3.66. The molecule has 0 spiro atoms. The molecule has 6 rings (SSSR count). The van der Waals surface area contributed by atoms with Gasteiger partial charge in [-0.15, -0.1) is 22.7 Å². The number of nitrogens with two attached hydrogens (primary N) is 1. The molecule has 36 heavy (non-hydrogen) atoms. The number of carbonyl (C=O) groups is 1. The van der Waals surface area contributed by atoms with Crippen molar-refractivity contribution in [2.24, 2.45) is 5.73 Å². The molecule has 4 aromatic carbocycles. The molecule has 6 aromatic rings. The Hall–Kier alpha value is -3.29. The van der Waals surface area contributed by atoms with Gasteiger partial charge < -0.3 is 10.8 Å². The van der Waals surface area contributed by atoms with Crippen molar-refractivity contribution in [1.29, 1.82) is 0 Å². The monoisotopic (exact) mass is 510 g/mol. The number of carboxylic acid groups (broad SMARTS) is 1. The molecule has 1 atom stereocenters. The van der Waals surface area contributed by atoms with Crippen molar-refractivity contribution < 1.29 is 9.90 Å². The van der Waals surface area contributed by atoms with Crippen LogP contribution in [0.4, 0.5) is 0 Å². The van der Waals surface area contributed by atoms with E-state index < -0.39 is 12.0 Å². The van der Waals surface area contributed by atoms with E-state index in [2.05, 4.69) is 89.8 Å². The summed E-state index contributed by atoms with van der Waals surface area (Å²) in [4.78, 5) is 13.8. The van der Waals surface area contributed by atoms with Gasteiger partial charge >= 0.3 is 5.97 Å². The highest BCUT2D eigenvalue weighted by atomic mass is 32.1. The maximum atomic E-state index is 11.4. The van der Waals surface area contributed by atoms with Crippen LogP contribution in [0.2, 0.25) is 0 Å². The number of hydrogen-bond donors (Lipinski definition) is 2. The fourth-order valence-electron chi connectivity index (χ4n) is 5.00. The third-order valence-electron chi connectivity index (χ3n) is 6.83. The van der Waals surface area contributed by atoms with Crippen LogP contribution in [0.25, 0.3) is 40.3 Å². The van der Waals surface area contributed by atoms with Crippen LogP contribution in [0.1, 0.15) is 17.5 Å². The molecular formula is C30H26N2O2S2. The minimum Gasteiger partial charge on any atom is -0.480 e. The predicted octanol–water partition coefficient (Wildman–Crippen LogP) is 7.23. The van der Waals surface area contributed by atoms with Gasteiger partial charge in [-0.05, 0) is 29.7 Å². The van der Waals surface area contributed by atoms with E-state index >= 15 is 0 Å². The van der Waals surface area contributed by atoms with E-state index in [4.69, 9.17) is 5.73 Å². The van der Waals surface area contributed by atoms with Crippen molar-refractivity contribution in [1.82, 2.24) is 4.90 Å². The second kappa shape index (κ2) is 9.64. The van der Waals surface area contributed by atoms with Crippen molar-refractivity contribution >= 4 is 69.0 Å². The summed E-state index contributed by atoms with van der Waals surface area (Å²) in [5.41, 5.74) is 8.44. The van der Waals surface area contributed by atoms with Crippen LogP contribution in [0.3, 0.4) is 0 Å². The van der Waals surface area contributed by atoms with Crippen LogP contribution in [0.5, 0.6) is 0 Å². The zero-order valence-corrected chi connectivity index (χ0v) is 21.3. The lowest BCUT2D eigenvalue weighted by molar-refractivity contribution is -0.138. The molecule has 0 saturated heterocycles. The van der Waals surface area contributed by atoms with Crippen molar-refractivity contribution in [3.05, 3.63) is 96.1 Å². The SMILES string of the molecule is NC(CCN(Cc1cccc2c1sc1ccccc12)Cc1cccc2c1sc1ccccc12)C(=O)O. The highest BCUT2D eigenvalue weighted by molar-refractivity contribution is 7.26. The highest BCUT2D eigenvalue weighted by Crippen LogP contribution is 2.38. The molecule has 0 bridgehead atoms. The minimum absolute atomic E-state index is 0.403. The average Bonchev–Trinajstić information content (AvgIpc) is 3.47. The molecule has 3 N–H and O–H groups in total. The van der Waals surface area contributed by atoms with Gasteiger partial charge in [-0.1, -0.05) is 72.8 Å². The maximum absolute atomic E-state index is 11.4. The molecule has 0 radical (unpaired) electrons. The fraction of sp³-hybridized carbons (Fsp3) is 0.167. The largest absolute Gasteiger partial charge is 0.480 e. The zero-order valence-electron chi connectivity index (χ0n) is 19.7. The Bertz CT molecular complexity index is 1600. The Morgan fingerprint density at radius 1 is 0.722 bits per heavy atom. The van der Waals surface area contributed by atoms with Gasteiger partial charge in [0.2, 0.25) is 0 Å². The second-order valence-electron chi connectivity index (χ2n) is 9.23. The standard InChI is InChI=1S/C30H26N2O2S2/c31-25(30(33)34)15-16-32(17-19-7-5-11-23-21-9-1-3-13-26(21)35-28(19)23)18-20-8-6-12-24-22-10-2-4-14-27(22)36-29(20)24/h1-14,25H,15-18,31H2,(H,33,34). The van der Waals surface area contributed by atoms with E-state index in [1.165, 1.54) is 51.5 Å². The number of nitrogens with zero attached hydrogens (tertiary/aromatic N) is 1. The molecule has 6 heteroatoms. The Morgan fingerprint density at radius 3 is 1.69 bits per heavy atom. The quantitative estimate of drug-likeness (QED) is 0.227. The summed E-state index contributed by atoms with van der Waals surface area (Å²) in [7, 11) is 0. The summed E-state index contributed by atoms with van der Waals surface area (Å²) in [6, 6.07) is 29.2. The van der Waals surface area contributed by atoms with Crippen LogP contribution >= 0.6 is 22.7 Å². The lowest BCUT2D eigenvalue weighted by Gasteiger charge is -2.24. The van der Waals surface area contributed by atoms with Crippen LogP contribution < -0.4 is 5.73 Å². The van der Waals surface area contributed by atoms with Crippen LogP contribution in [-0.4, -0.2) is 28.6 Å². The molecule has 0 aliphatic heterocycles. The first-order chi connectivity index (χ1) is 17.6. The summed E-state index contributed by atoms with van der Waals surface area (Å²) in [6.07, 6.45) is 0.403. The van der Waals surface area contributed by atoms with E-state index in [9.17, 15) is 9.90 Å². The van der Waals surface area contributed by atoms with E-state index in [-0.39, 0.29) is 0 Å². The number of thiophene rings is 2. The lowest BCUT2D eigenvalue weighted by Crippen LogP contribution is -2.35.